The van der Waals surface area contributed by atoms with Crippen molar-refractivity contribution in [3.8, 4) is 0 Å². The van der Waals surface area contributed by atoms with E-state index in [1.165, 1.54) is 33.7 Å². The molecule has 0 aliphatic heterocycles. The molecule has 1 N–H and O–H groups in total. The monoisotopic (exact) mass is 413 g/mol. The Morgan fingerprint density at radius 2 is 1.96 bits per heavy atom. The van der Waals surface area contributed by atoms with Gasteiger partial charge in [0.15, 0.2) is 6.67 Å². The average molecular weight is 414 g/mol. The third kappa shape index (κ3) is 4.45. The maximum atomic E-state index is 5.81. The first-order valence-electron chi connectivity index (χ1n) is 10.1. The fourth-order valence-electron chi connectivity index (χ4n) is 3.64. The highest BCUT2D eigenvalue weighted by atomic mass is 32.1. The third-order valence-corrected chi connectivity index (χ3v) is 6.62. The highest BCUT2D eigenvalue weighted by Gasteiger charge is 2.29. The summed E-state index contributed by atoms with van der Waals surface area (Å²) in [6.07, 6.45) is 3.32. The Morgan fingerprint density at radius 3 is 2.57 bits per heavy atom. The van der Waals surface area contributed by atoms with Crippen LogP contribution >= 0.6 is 23.6 Å². The minimum absolute atomic E-state index is 0.556. The zero-order valence-corrected chi connectivity index (χ0v) is 18.5. The van der Waals surface area contributed by atoms with Crippen molar-refractivity contribution in [2.24, 2.45) is 0 Å². The second-order valence-electron chi connectivity index (χ2n) is 8.24. The number of nitrogens with one attached hydrogen (secondary N) is 1. The van der Waals surface area contributed by atoms with E-state index in [1.807, 2.05) is 4.68 Å². The van der Waals surface area contributed by atoms with Gasteiger partial charge in [0, 0.05) is 22.9 Å². The van der Waals surface area contributed by atoms with E-state index >= 15 is 0 Å². The van der Waals surface area contributed by atoms with Crippen LogP contribution in [0.3, 0.4) is 0 Å². The molecule has 0 radical (unpaired) electrons. The Kier molecular flexibility index (Phi) is 5.80. The van der Waals surface area contributed by atoms with Gasteiger partial charge in [0.05, 0.1) is 7.05 Å². The molecule has 0 spiro atoms. The van der Waals surface area contributed by atoms with Crippen LogP contribution in [-0.2, 0) is 19.6 Å². The van der Waals surface area contributed by atoms with Gasteiger partial charge >= 0.3 is 0 Å². The zero-order valence-electron chi connectivity index (χ0n) is 16.9. The summed E-state index contributed by atoms with van der Waals surface area (Å²) in [5, 5.41) is 7.06. The van der Waals surface area contributed by atoms with Gasteiger partial charge in [-0.1, -0.05) is 44.2 Å². The number of nitrogens with zero attached hydrogens (tertiary/aromatic N) is 3. The van der Waals surface area contributed by atoms with E-state index in [0.717, 1.165) is 30.2 Å². The van der Waals surface area contributed by atoms with Crippen LogP contribution in [0.15, 0.2) is 41.8 Å². The van der Waals surface area contributed by atoms with Gasteiger partial charge in [0.25, 0.3) is 0 Å². The number of quaternary nitrogens is 1. The lowest BCUT2D eigenvalue weighted by molar-refractivity contribution is -0.917. The predicted octanol–water partition coefficient (Wildman–Crippen LogP) is 4.20. The van der Waals surface area contributed by atoms with Gasteiger partial charge in [-0.05, 0) is 48.0 Å². The van der Waals surface area contributed by atoms with Crippen molar-refractivity contribution in [1.29, 1.82) is 0 Å². The molecule has 28 heavy (non-hydrogen) atoms. The molecule has 1 saturated carbocycles. The van der Waals surface area contributed by atoms with Gasteiger partial charge in [-0.15, -0.1) is 11.3 Å². The number of hydrogen-bond acceptors (Lipinski definition) is 3. The molecule has 4 nitrogen and oxygen atoms in total. The molecule has 1 aliphatic rings. The molecular weight excluding hydrogens is 384 g/mol. The van der Waals surface area contributed by atoms with Crippen molar-refractivity contribution < 1.29 is 4.90 Å². The van der Waals surface area contributed by atoms with Crippen LogP contribution in [0.4, 0.5) is 0 Å². The zero-order chi connectivity index (χ0) is 19.7. The molecule has 0 saturated heterocycles. The highest BCUT2D eigenvalue weighted by Crippen LogP contribution is 2.36. The quantitative estimate of drug-likeness (QED) is 0.561. The Balaban J connectivity index is 1.48. The maximum absolute atomic E-state index is 5.81. The summed E-state index contributed by atoms with van der Waals surface area (Å²) in [6.45, 7) is 6.23. The van der Waals surface area contributed by atoms with E-state index in [9.17, 15) is 0 Å². The fourth-order valence-corrected chi connectivity index (χ4v) is 4.70. The van der Waals surface area contributed by atoms with E-state index in [4.69, 9.17) is 17.3 Å². The van der Waals surface area contributed by atoms with E-state index in [1.54, 1.807) is 11.3 Å². The smallest absolute Gasteiger partial charge is 0.203 e. The largest absolute Gasteiger partial charge is 0.315 e. The van der Waals surface area contributed by atoms with E-state index in [-0.39, 0.29) is 0 Å². The maximum Gasteiger partial charge on any atom is 0.203 e. The molecular formula is C22H29N4S2+. The summed E-state index contributed by atoms with van der Waals surface area (Å²) in [4.78, 5) is 2.73. The van der Waals surface area contributed by atoms with Crippen LogP contribution < -0.4 is 4.90 Å². The minimum Gasteiger partial charge on any atom is -0.315 e. The van der Waals surface area contributed by atoms with Crippen molar-refractivity contribution in [3.63, 3.8) is 0 Å². The average Bonchev–Trinajstić information content (AvgIpc) is 3.27. The topological polar surface area (TPSA) is 27.2 Å². The van der Waals surface area contributed by atoms with Gasteiger partial charge in [-0.2, -0.15) is 9.78 Å². The van der Waals surface area contributed by atoms with Crippen LogP contribution in [0.5, 0.6) is 0 Å². The first kappa shape index (κ1) is 19.6. The highest BCUT2D eigenvalue weighted by molar-refractivity contribution is 7.71. The first-order valence-corrected chi connectivity index (χ1v) is 11.4. The van der Waals surface area contributed by atoms with Crippen molar-refractivity contribution in [2.45, 2.75) is 58.3 Å². The summed E-state index contributed by atoms with van der Waals surface area (Å²) in [5.41, 5.74) is 2.75. The molecule has 2 heterocycles. The molecule has 6 heteroatoms. The lowest BCUT2D eigenvalue weighted by Crippen LogP contribution is -3.07. The normalized spacial score (nSPS) is 15.3. The standard InChI is InChI=1S/C22H28N4S2/c1-16(2)18-8-6-17(7-9-18)14-24(3)15-25-22(27)26(19-10-11-19)21(23-25)13-20-5-4-12-28-20/h4-9,12,16,19H,10-11,13-15H2,1-3H3/p+1. The Bertz CT molecular complexity index is 963. The molecule has 3 aromatic rings. The van der Waals surface area contributed by atoms with Gasteiger partial charge in [0.2, 0.25) is 4.77 Å². The number of benzene rings is 1. The molecule has 1 unspecified atom stereocenters. The molecule has 1 fully saturated rings. The van der Waals surface area contributed by atoms with Gasteiger partial charge in [-0.3, -0.25) is 0 Å². The van der Waals surface area contributed by atoms with E-state index in [0.29, 0.717) is 12.0 Å². The summed E-state index contributed by atoms with van der Waals surface area (Å²) in [6, 6.07) is 13.9. The van der Waals surface area contributed by atoms with Gasteiger partial charge in [-0.25, -0.2) is 0 Å². The molecule has 148 valence electrons. The summed E-state index contributed by atoms with van der Waals surface area (Å²) < 4.78 is 5.22. The second kappa shape index (κ2) is 8.31. The number of aromatic nitrogens is 3. The van der Waals surface area contributed by atoms with Crippen molar-refractivity contribution in [1.82, 2.24) is 14.3 Å². The number of thiophene rings is 1. The van der Waals surface area contributed by atoms with Crippen molar-refractivity contribution >= 4 is 23.6 Å². The molecule has 1 aromatic carbocycles. The summed E-state index contributed by atoms with van der Waals surface area (Å²) >= 11 is 7.60. The van der Waals surface area contributed by atoms with E-state index < -0.39 is 0 Å². The van der Waals surface area contributed by atoms with Gasteiger partial charge in [0.1, 0.15) is 12.4 Å². The van der Waals surface area contributed by atoms with Crippen LogP contribution in [0, 0.1) is 4.77 Å². The van der Waals surface area contributed by atoms with Crippen LogP contribution in [0.2, 0.25) is 0 Å². The molecule has 0 amide bonds. The summed E-state index contributed by atoms with van der Waals surface area (Å²) in [5.74, 6) is 1.69. The fraction of sp³-hybridized carbons (Fsp3) is 0.455. The van der Waals surface area contributed by atoms with Crippen LogP contribution in [0.1, 0.15) is 60.5 Å². The second-order valence-corrected chi connectivity index (χ2v) is 9.64. The molecule has 0 bridgehead atoms. The molecule has 1 aliphatic carbocycles. The van der Waals surface area contributed by atoms with Crippen LogP contribution in [0.25, 0.3) is 0 Å². The molecule has 4 rings (SSSR count). The minimum atomic E-state index is 0.556. The first-order chi connectivity index (χ1) is 13.5. The Labute approximate surface area is 176 Å². The lowest BCUT2D eigenvalue weighted by atomic mass is 10.0. The van der Waals surface area contributed by atoms with Crippen molar-refractivity contribution in [2.75, 3.05) is 7.05 Å². The van der Waals surface area contributed by atoms with Crippen LogP contribution in [-0.4, -0.2) is 21.4 Å². The summed E-state index contributed by atoms with van der Waals surface area (Å²) in [7, 11) is 2.22. The van der Waals surface area contributed by atoms with E-state index in [2.05, 4.69) is 67.2 Å². The number of hydrogen-bond donors (Lipinski definition) is 1. The van der Waals surface area contributed by atoms with Crippen molar-refractivity contribution in [3.05, 3.63) is 68.4 Å². The van der Waals surface area contributed by atoms with Gasteiger partial charge < -0.3 is 9.47 Å². The molecule has 2 aromatic heterocycles. The predicted molar refractivity (Wildman–Crippen MR) is 118 cm³/mol. The third-order valence-electron chi connectivity index (χ3n) is 5.34. The molecule has 1 atom stereocenters. The SMILES string of the molecule is CC(C)c1ccc(C[NH+](C)Cn2nc(Cc3cccs3)n(C3CC3)c2=S)cc1. The number of rotatable bonds is 8. The Morgan fingerprint density at radius 1 is 1.21 bits per heavy atom. The Hall–Kier alpha value is -1.76. The lowest BCUT2D eigenvalue weighted by Gasteiger charge is -2.14.